The highest BCUT2D eigenvalue weighted by Crippen LogP contribution is 2.49. The molecule has 1 N–H and O–H groups in total. The second-order valence-electron chi connectivity index (χ2n) is 8.84. The Morgan fingerprint density at radius 1 is 1.06 bits per heavy atom. The molecule has 1 heterocycles. The molecule has 2 fully saturated rings. The van der Waals surface area contributed by atoms with Crippen molar-refractivity contribution in [1.29, 1.82) is 0 Å². The molecule has 7 heteroatoms. The number of nitrogens with one attached hydrogen (secondary N) is 1. The zero-order valence-corrected chi connectivity index (χ0v) is 19.1. The van der Waals surface area contributed by atoms with Crippen LogP contribution in [-0.2, 0) is 20.2 Å². The molecule has 6 nitrogen and oxygen atoms in total. The number of rotatable bonds is 8. The van der Waals surface area contributed by atoms with Crippen LogP contribution in [0.3, 0.4) is 0 Å². The van der Waals surface area contributed by atoms with Gasteiger partial charge in [0.2, 0.25) is 15.9 Å². The lowest BCUT2D eigenvalue weighted by Gasteiger charge is -2.27. The number of benzene rings is 2. The minimum Gasteiger partial charge on any atom is -0.347 e. The number of carbonyl (C=O) groups excluding carboxylic acids is 1. The van der Waals surface area contributed by atoms with Crippen LogP contribution in [0, 0.1) is 0 Å². The van der Waals surface area contributed by atoms with Crippen molar-refractivity contribution in [3.05, 3.63) is 65.7 Å². The standard InChI is InChI=1S/C24H31N3O3S/c1-26(2)31(29,30)21-12-8-11-20(17-21)24(13-14-24)23(28)25-22(18-27-15-6-7-16-27)19-9-4-3-5-10-19/h3-5,8-12,17,22H,6-7,13-16,18H2,1-2H3,(H,25,28)/t22-/m1/s1. The van der Waals surface area contributed by atoms with Crippen LogP contribution in [0.25, 0.3) is 0 Å². The maximum Gasteiger partial charge on any atom is 0.242 e. The van der Waals surface area contributed by atoms with Gasteiger partial charge in [-0.15, -0.1) is 0 Å². The summed E-state index contributed by atoms with van der Waals surface area (Å²) in [5.74, 6) is -0.0139. The highest BCUT2D eigenvalue weighted by Gasteiger charge is 2.52. The van der Waals surface area contributed by atoms with Crippen molar-refractivity contribution in [3.63, 3.8) is 0 Å². The van der Waals surface area contributed by atoms with Crippen LogP contribution >= 0.6 is 0 Å². The zero-order valence-electron chi connectivity index (χ0n) is 18.3. The molecule has 1 atom stereocenters. The average molecular weight is 442 g/mol. The minimum absolute atomic E-state index is 0.0139. The van der Waals surface area contributed by atoms with E-state index in [1.807, 2.05) is 24.3 Å². The van der Waals surface area contributed by atoms with Crippen molar-refractivity contribution >= 4 is 15.9 Å². The quantitative estimate of drug-likeness (QED) is 0.684. The molecule has 1 amide bonds. The Hall–Kier alpha value is -2.22. The SMILES string of the molecule is CN(C)S(=O)(=O)c1cccc(C2(C(=O)N[C@H](CN3CCCC3)c3ccccc3)CC2)c1. The number of sulfonamides is 1. The molecule has 0 spiro atoms. The highest BCUT2D eigenvalue weighted by molar-refractivity contribution is 7.89. The Kier molecular flexibility index (Phi) is 6.19. The zero-order chi connectivity index (χ0) is 22.1. The third-order valence-corrected chi connectivity index (χ3v) is 8.31. The molecule has 166 valence electrons. The third kappa shape index (κ3) is 4.54. The van der Waals surface area contributed by atoms with E-state index in [1.165, 1.54) is 31.2 Å². The fourth-order valence-electron chi connectivity index (χ4n) is 4.38. The summed E-state index contributed by atoms with van der Waals surface area (Å²) < 4.78 is 26.4. The molecule has 0 unspecified atom stereocenters. The van der Waals surface area contributed by atoms with Gasteiger partial charge in [0.25, 0.3) is 0 Å². The molecule has 4 rings (SSSR count). The van der Waals surface area contributed by atoms with Gasteiger partial charge < -0.3 is 10.2 Å². The summed E-state index contributed by atoms with van der Waals surface area (Å²) in [5.41, 5.74) is 1.24. The lowest BCUT2D eigenvalue weighted by molar-refractivity contribution is -0.124. The van der Waals surface area contributed by atoms with E-state index >= 15 is 0 Å². The normalized spacial score (nSPS) is 19.3. The molecule has 0 aromatic heterocycles. The van der Waals surface area contributed by atoms with E-state index < -0.39 is 15.4 Å². The number of hydrogen-bond donors (Lipinski definition) is 1. The van der Waals surface area contributed by atoms with Crippen LogP contribution in [0.1, 0.15) is 42.9 Å². The van der Waals surface area contributed by atoms with Gasteiger partial charge in [0.15, 0.2) is 0 Å². The first-order valence-electron chi connectivity index (χ1n) is 10.9. The maximum absolute atomic E-state index is 13.5. The first-order valence-corrected chi connectivity index (χ1v) is 12.4. The summed E-state index contributed by atoms with van der Waals surface area (Å²) >= 11 is 0. The van der Waals surface area contributed by atoms with Crippen LogP contribution in [0.4, 0.5) is 0 Å². The molecule has 2 aliphatic rings. The lowest BCUT2D eigenvalue weighted by Crippen LogP contribution is -2.42. The Morgan fingerprint density at radius 2 is 1.74 bits per heavy atom. The van der Waals surface area contributed by atoms with Gasteiger partial charge in [-0.1, -0.05) is 42.5 Å². The molecule has 2 aromatic carbocycles. The number of nitrogens with zero attached hydrogens (tertiary/aromatic N) is 2. The van der Waals surface area contributed by atoms with Crippen LogP contribution in [0.5, 0.6) is 0 Å². The van der Waals surface area contributed by atoms with Gasteiger partial charge in [0, 0.05) is 20.6 Å². The van der Waals surface area contributed by atoms with E-state index in [4.69, 9.17) is 0 Å². The molecule has 1 saturated carbocycles. The van der Waals surface area contributed by atoms with E-state index in [0.717, 1.165) is 43.6 Å². The van der Waals surface area contributed by atoms with Crippen LogP contribution in [-0.4, -0.2) is 57.3 Å². The first-order chi connectivity index (χ1) is 14.8. The average Bonchev–Trinajstić information content (AvgIpc) is 3.44. The van der Waals surface area contributed by atoms with Gasteiger partial charge in [-0.25, -0.2) is 12.7 Å². The molecule has 2 aromatic rings. The summed E-state index contributed by atoms with van der Waals surface area (Å²) in [5, 5.41) is 3.30. The highest BCUT2D eigenvalue weighted by atomic mass is 32.2. The monoisotopic (exact) mass is 441 g/mol. The van der Waals surface area contributed by atoms with E-state index in [9.17, 15) is 13.2 Å². The molecule has 1 saturated heterocycles. The smallest absolute Gasteiger partial charge is 0.242 e. The Balaban J connectivity index is 1.58. The second kappa shape index (κ2) is 8.73. The van der Waals surface area contributed by atoms with E-state index in [1.54, 1.807) is 18.2 Å². The summed E-state index contributed by atoms with van der Waals surface area (Å²) in [6.45, 7) is 2.92. The molecule has 0 bridgehead atoms. The Morgan fingerprint density at radius 3 is 2.35 bits per heavy atom. The van der Waals surface area contributed by atoms with Gasteiger partial charge >= 0.3 is 0 Å². The van der Waals surface area contributed by atoms with Crippen LogP contribution < -0.4 is 5.32 Å². The molecular weight excluding hydrogens is 410 g/mol. The van der Waals surface area contributed by atoms with Crippen molar-refractivity contribution in [2.45, 2.75) is 42.0 Å². The summed E-state index contributed by atoms with van der Waals surface area (Å²) in [6, 6.07) is 16.9. The third-order valence-electron chi connectivity index (χ3n) is 6.50. The van der Waals surface area contributed by atoms with E-state index in [0.29, 0.717) is 0 Å². The molecule has 1 aliphatic carbocycles. The number of hydrogen-bond acceptors (Lipinski definition) is 4. The largest absolute Gasteiger partial charge is 0.347 e. The van der Waals surface area contributed by atoms with Crippen LogP contribution in [0.15, 0.2) is 59.5 Å². The minimum atomic E-state index is -3.54. The first kappa shape index (κ1) is 22.0. The predicted octanol–water partition coefficient (Wildman–Crippen LogP) is 2.92. The number of likely N-dealkylation sites (tertiary alicyclic amines) is 1. The van der Waals surface area contributed by atoms with Crippen molar-refractivity contribution in [3.8, 4) is 0 Å². The maximum atomic E-state index is 13.5. The molecule has 0 radical (unpaired) electrons. The second-order valence-corrected chi connectivity index (χ2v) is 11.0. The van der Waals surface area contributed by atoms with Crippen molar-refractivity contribution in [2.24, 2.45) is 0 Å². The number of amides is 1. The fourth-order valence-corrected chi connectivity index (χ4v) is 5.32. The van der Waals surface area contributed by atoms with Crippen molar-refractivity contribution < 1.29 is 13.2 Å². The Bertz CT molecular complexity index is 1030. The molecule has 31 heavy (non-hydrogen) atoms. The molecular formula is C24H31N3O3S. The van der Waals surface area contributed by atoms with Crippen molar-refractivity contribution in [2.75, 3.05) is 33.7 Å². The van der Waals surface area contributed by atoms with Gasteiger partial charge in [-0.05, 0) is 62.0 Å². The van der Waals surface area contributed by atoms with Gasteiger partial charge in [0.05, 0.1) is 16.4 Å². The summed E-state index contributed by atoms with van der Waals surface area (Å²) in [7, 11) is -0.508. The Labute approximate surface area is 185 Å². The van der Waals surface area contributed by atoms with Crippen molar-refractivity contribution in [1.82, 2.24) is 14.5 Å². The summed E-state index contributed by atoms with van der Waals surface area (Å²) in [6.07, 6.45) is 3.87. The fraction of sp³-hybridized carbons (Fsp3) is 0.458. The topological polar surface area (TPSA) is 69.7 Å². The number of carbonyl (C=O) groups is 1. The van der Waals surface area contributed by atoms with Gasteiger partial charge in [-0.3, -0.25) is 4.79 Å². The van der Waals surface area contributed by atoms with Gasteiger partial charge in [-0.2, -0.15) is 0 Å². The predicted molar refractivity (Wildman–Crippen MR) is 121 cm³/mol. The van der Waals surface area contributed by atoms with Crippen LogP contribution in [0.2, 0.25) is 0 Å². The van der Waals surface area contributed by atoms with E-state index in [-0.39, 0.29) is 16.8 Å². The molecule has 1 aliphatic heterocycles. The lowest BCUT2D eigenvalue weighted by atomic mass is 9.94. The summed E-state index contributed by atoms with van der Waals surface area (Å²) in [4.78, 5) is 16.1. The van der Waals surface area contributed by atoms with Gasteiger partial charge in [0.1, 0.15) is 0 Å². The van der Waals surface area contributed by atoms with E-state index in [2.05, 4.69) is 22.3 Å².